The highest BCUT2D eigenvalue weighted by molar-refractivity contribution is 5.97. The predicted octanol–water partition coefficient (Wildman–Crippen LogP) is -0.0107. The molecule has 17 heavy (non-hydrogen) atoms. The largest absolute Gasteiger partial charge is 0.396 e. The number of aryl methyl sites for hydroxylation is 1. The molecule has 0 aromatic carbocycles. The van der Waals surface area contributed by atoms with Gasteiger partial charge in [-0.05, 0) is 19.8 Å². The minimum Gasteiger partial charge on any atom is -0.396 e. The van der Waals surface area contributed by atoms with Crippen molar-refractivity contribution in [2.75, 3.05) is 18.8 Å². The van der Waals surface area contributed by atoms with Gasteiger partial charge in [-0.1, -0.05) is 0 Å². The van der Waals surface area contributed by atoms with Crippen LogP contribution < -0.4 is 5.73 Å². The lowest BCUT2D eigenvalue weighted by atomic mass is 9.94. The van der Waals surface area contributed by atoms with Crippen molar-refractivity contribution >= 4 is 11.6 Å². The number of hydrogen-bond acceptors (Lipinski definition) is 4. The molecule has 3 N–H and O–H groups in total. The van der Waals surface area contributed by atoms with E-state index in [1.54, 1.807) is 18.9 Å². The summed E-state index contributed by atoms with van der Waals surface area (Å²) in [5, 5.41) is 13.8. The third kappa shape index (κ3) is 2.26. The van der Waals surface area contributed by atoms with Crippen LogP contribution in [0.4, 0.5) is 5.69 Å². The van der Waals surface area contributed by atoms with Gasteiger partial charge in [0.15, 0.2) is 0 Å². The molecule has 1 aliphatic heterocycles. The van der Waals surface area contributed by atoms with E-state index in [0.717, 1.165) is 0 Å². The van der Waals surface area contributed by atoms with Crippen LogP contribution in [0.2, 0.25) is 0 Å². The number of aromatic nitrogens is 2. The molecule has 6 heteroatoms. The van der Waals surface area contributed by atoms with Crippen LogP contribution in [0.15, 0.2) is 6.20 Å². The fourth-order valence-corrected chi connectivity index (χ4v) is 2.06. The Morgan fingerprint density at radius 2 is 2.12 bits per heavy atom. The molecular weight excluding hydrogens is 220 g/mol. The number of nitrogens with zero attached hydrogens (tertiary/aromatic N) is 3. The van der Waals surface area contributed by atoms with Gasteiger partial charge in [-0.2, -0.15) is 5.10 Å². The first-order chi connectivity index (χ1) is 7.91. The molecule has 1 aromatic rings. The Bertz CT molecular complexity index is 409. The first-order valence-corrected chi connectivity index (χ1v) is 5.70. The molecule has 0 radical (unpaired) electrons. The number of anilines is 1. The molecule has 0 unspecified atom stereocenters. The highest BCUT2D eigenvalue weighted by Crippen LogP contribution is 2.23. The average molecular weight is 238 g/mol. The first-order valence-electron chi connectivity index (χ1n) is 5.70. The number of piperidine rings is 1. The van der Waals surface area contributed by atoms with Gasteiger partial charge < -0.3 is 15.7 Å². The summed E-state index contributed by atoms with van der Waals surface area (Å²) in [6.07, 6.45) is 2.67. The van der Waals surface area contributed by atoms with Crippen molar-refractivity contribution in [1.82, 2.24) is 14.7 Å². The SMILES string of the molecule is Cn1ncc(N)c1C(=O)N1CCC(C)(O)CC1. The minimum absolute atomic E-state index is 0.113. The number of nitrogens with two attached hydrogens (primary N) is 1. The lowest BCUT2D eigenvalue weighted by molar-refractivity contribution is -0.00228. The van der Waals surface area contributed by atoms with Crippen LogP contribution in [0.1, 0.15) is 30.3 Å². The maximum absolute atomic E-state index is 12.2. The van der Waals surface area contributed by atoms with E-state index in [2.05, 4.69) is 5.10 Å². The van der Waals surface area contributed by atoms with Crippen molar-refractivity contribution in [2.45, 2.75) is 25.4 Å². The third-order valence-electron chi connectivity index (χ3n) is 3.30. The number of aliphatic hydroxyl groups is 1. The summed E-state index contributed by atoms with van der Waals surface area (Å²) in [7, 11) is 1.70. The fraction of sp³-hybridized carbons (Fsp3) is 0.636. The van der Waals surface area contributed by atoms with Crippen molar-refractivity contribution in [3.8, 4) is 0 Å². The highest BCUT2D eigenvalue weighted by atomic mass is 16.3. The predicted molar refractivity (Wildman–Crippen MR) is 63.4 cm³/mol. The molecule has 94 valence electrons. The van der Waals surface area contributed by atoms with Gasteiger partial charge in [0.05, 0.1) is 17.5 Å². The van der Waals surface area contributed by atoms with E-state index in [-0.39, 0.29) is 5.91 Å². The van der Waals surface area contributed by atoms with E-state index in [4.69, 9.17) is 5.73 Å². The summed E-state index contributed by atoms with van der Waals surface area (Å²) in [6, 6.07) is 0. The quantitative estimate of drug-likeness (QED) is 0.720. The number of hydrogen-bond donors (Lipinski definition) is 2. The van der Waals surface area contributed by atoms with Crippen LogP contribution in [-0.4, -0.2) is 44.4 Å². The van der Waals surface area contributed by atoms with Gasteiger partial charge in [0.1, 0.15) is 5.69 Å². The number of carbonyl (C=O) groups is 1. The van der Waals surface area contributed by atoms with Gasteiger partial charge in [-0.15, -0.1) is 0 Å². The van der Waals surface area contributed by atoms with E-state index in [1.807, 2.05) is 0 Å². The maximum Gasteiger partial charge on any atom is 0.274 e. The Labute approximate surface area is 100 Å². The van der Waals surface area contributed by atoms with E-state index >= 15 is 0 Å². The Hall–Kier alpha value is -1.56. The van der Waals surface area contributed by atoms with Gasteiger partial charge >= 0.3 is 0 Å². The smallest absolute Gasteiger partial charge is 0.274 e. The summed E-state index contributed by atoms with van der Waals surface area (Å²) in [4.78, 5) is 13.9. The van der Waals surface area contributed by atoms with Crippen LogP contribution in [0, 0.1) is 0 Å². The molecule has 6 nitrogen and oxygen atoms in total. The van der Waals surface area contributed by atoms with Gasteiger partial charge in [-0.25, -0.2) is 0 Å². The van der Waals surface area contributed by atoms with Gasteiger partial charge in [-0.3, -0.25) is 9.48 Å². The average Bonchev–Trinajstić information content (AvgIpc) is 2.58. The van der Waals surface area contributed by atoms with Crippen LogP contribution in [0.5, 0.6) is 0 Å². The molecular formula is C11H18N4O2. The van der Waals surface area contributed by atoms with Crippen molar-refractivity contribution in [3.63, 3.8) is 0 Å². The van der Waals surface area contributed by atoms with Crippen molar-refractivity contribution < 1.29 is 9.90 Å². The zero-order valence-corrected chi connectivity index (χ0v) is 10.2. The lowest BCUT2D eigenvalue weighted by Crippen LogP contribution is -2.45. The second-order valence-electron chi connectivity index (χ2n) is 4.86. The van der Waals surface area contributed by atoms with E-state index < -0.39 is 5.60 Å². The zero-order valence-electron chi connectivity index (χ0n) is 10.2. The summed E-state index contributed by atoms with van der Waals surface area (Å²) in [5.74, 6) is -0.113. The minimum atomic E-state index is -0.658. The second kappa shape index (κ2) is 4.03. The molecule has 1 fully saturated rings. The molecule has 0 saturated carbocycles. The molecule has 1 saturated heterocycles. The number of nitrogen functional groups attached to an aromatic ring is 1. The molecule has 0 aliphatic carbocycles. The van der Waals surface area contributed by atoms with E-state index in [1.165, 1.54) is 10.9 Å². The second-order valence-corrected chi connectivity index (χ2v) is 4.86. The van der Waals surface area contributed by atoms with Crippen LogP contribution in [-0.2, 0) is 7.05 Å². The molecule has 2 rings (SSSR count). The van der Waals surface area contributed by atoms with Gasteiger partial charge in [0, 0.05) is 20.1 Å². The number of carbonyl (C=O) groups excluding carboxylic acids is 1. The molecule has 1 amide bonds. The highest BCUT2D eigenvalue weighted by Gasteiger charge is 2.31. The Morgan fingerprint density at radius 3 is 2.59 bits per heavy atom. The van der Waals surface area contributed by atoms with Gasteiger partial charge in [0.2, 0.25) is 0 Å². The molecule has 0 bridgehead atoms. The van der Waals surface area contributed by atoms with Crippen molar-refractivity contribution in [3.05, 3.63) is 11.9 Å². The van der Waals surface area contributed by atoms with E-state index in [9.17, 15) is 9.90 Å². The molecule has 1 aromatic heterocycles. The van der Waals surface area contributed by atoms with Crippen LogP contribution in [0.3, 0.4) is 0 Å². The summed E-state index contributed by atoms with van der Waals surface area (Å²) in [5.41, 5.74) is 5.88. The van der Waals surface area contributed by atoms with Crippen molar-refractivity contribution in [2.24, 2.45) is 7.05 Å². The zero-order chi connectivity index (χ0) is 12.6. The molecule has 1 aliphatic rings. The van der Waals surface area contributed by atoms with Crippen molar-refractivity contribution in [1.29, 1.82) is 0 Å². The molecule has 0 spiro atoms. The number of rotatable bonds is 1. The maximum atomic E-state index is 12.2. The molecule has 0 atom stereocenters. The lowest BCUT2D eigenvalue weighted by Gasteiger charge is -2.35. The van der Waals surface area contributed by atoms with Gasteiger partial charge in [0.25, 0.3) is 5.91 Å². The Morgan fingerprint density at radius 1 is 1.53 bits per heavy atom. The summed E-state index contributed by atoms with van der Waals surface area (Å²) >= 11 is 0. The standard InChI is InChI=1S/C11H18N4O2/c1-11(17)3-5-15(6-4-11)10(16)9-8(12)7-13-14(9)2/h7,17H,3-6,12H2,1-2H3. The first kappa shape index (κ1) is 11.9. The normalized spacial score (nSPS) is 19.4. The summed E-state index contributed by atoms with van der Waals surface area (Å²) < 4.78 is 1.49. The fourth-order valence-electron chi connectivity index (χ4n) is 2.06. The van der Waals surface area contributed by atoms with Crippen LogP contribution in [0.25, 0.3) is 0 Å². The monoisotopic (exact) mass is 238 g/mol. The van der Waals surface area contributed by atoms with Crippen LogP contribution >= 0.6 is 0 Å². The third-order valence-corrected chi connectivity index (χ3v) is 3.30. The summed E-state index contributed by atoms with van der Waals surface area (Å²) in [6.45, 7) is 2.90. The Kier molecular flexibility index (Phi) is 2.82. The number of likely N-dealkylation sites (tertiary alicyclic amines) is 1. The topological polar surface area (TPSA) is 84.4 Å². The number of amides is 1. The molecule has 2 heterocycles. The van der Waals surface area contributed by atoms with E-state index in [0.29, 0.717) is 37.3 Å². The Balaban J connectivity index is 2.12.